The number of piperidine rings is 1. The van der Waals surface area contributed by atoms with E-state index in [0.29, 0.717) is 24.2 Å². The van der Waals surface area contributed by atoms with E-state index >= 15 is 0 Å². The van der Waals surface area contributed by atoms with Crippen LogP contribution >= 0.6 is 0 Å². The summed E-state index contributed by atoms with van der Waals surface area (Å²) >= 11 is 0. The number of pyridine rings is 1. The zero-order valence-electron chi connectivity index (χ0n) is 20.8. The molecule has 1 aromatic heterocycles. The fourth-order valence-corrected chi connectivity index (χ4v) is 6.26. The van der Waals surface area contributed by atoms with Crippen LogP contribution in [0.15, 0.2) is 47.4 Å². The summed E-state index contributed by atoms with van der Waals surface area (Å²) in [6.07, 6.45) is 12.3. The van der Waals surface area contributed by atoms with Crippen LogP contribution in [-0.2, 0) is 0 Å². The molecule has 0 aromatic carbocycles. The SMILES string of the molecule is CCN1[C@@H](C2CN3C(N4CCN(C(C)C)CC4)=CC=CC3=N2)CCC[C@H]1c1ncccc1C. The summed E-state index contributed by atoms with van der Waals surface area (Å²) in [6.45, 7) is 15.6. The van der Waals surface area contributed by atoms with Gasteiger partial charge in [0.25, 0.3) is 0 Å². The number of amidine groups is 1. The van der Waals surface area contributed by atoms with Crippen molar-refractivity contribution in [3.8, 4) is 0 Å². The number of aromatic nitrogens is 1. The molecule has 0 aliphatic carbocycles. The van der Waals surface area contributed by atoms with Crippen LogP contribution in [0.5, 0.6) is 0 Å². The summed E-state index contributed by atoms with van der Waals surface area (Å²) in [4.78, 5) is 20.4. The number of likely N-dealkylation sites (N-methyl/N-ethyl adjacent to an activating group) is 1. The van der Waals surface area contributed by atoms with Crippen LogP contribution in [-0.4, -0.2) is 87.8 Å². The highest BCUT2D eigenvalue weighted by Gasteiger charge is 2.41. The first kappa shape index (κ1) is 22.6. The molecule has 2 fully saturated rings. The predicted octanol–water partition coefficient (Wildman–Crippen LogP) is 3.83. The van der Waals surface area contributed by atoms with E-state index in [9.17, 15) is 0 Å². The molecule has 4 aliphatic rings. The maximum absolute atomic E-state index is 5.29. The van der Waals surface area contributed by atoms with Crippen LogP contribution in [0, 0.1) is 6.92 Å². The Labute approximate surface area is 199 Å². The maximum atomic E-state index is 5.29. The van der Waals surface area contributed by atoms with E-state index in [1.807, 2.05) is 6.20 Å². The number of aliphatic imine (C=N–C) groups is 1. The van der Waals surface area contributed by atoms with Crippen molar-refractivity contribution in [1.82, 2.24) is 24.6 Å². The minimum absolute atomic E-state index is 0.315. The molecule has 0 N–H and O–H groups in total. The number of hydrogen-bond acceptors (Lipinski definition) is 6. The third-order valence-corrected chi connectivity index (χ3v) is 8.06. The molecule has 1 unspecified atom stereocenters. The van der Waals surface area contributed by atoms with Crippen molar-refractivity contribution < 1.29 is 0 Å². The van der Waals surface area contributed by atoms with Gasteiger partial charge in [-0.2, -0.15) is 0 Å². The lowest BCUT2D eigenvalue weighted by Crippen LogP contribution is -2.52. The summed E-state index contributed by atoms with van der Waals surface area (Å²) in [5.41, 5.74) is 2.57. The number of allylic oxidation sites excluding steroid dienone is 2. The van der Waals surface area contributed by atoms with Crippen molar-refractivity contribution in [3.05, 3.63) is 53.6 Å². The van der Waals surface area contributed by atoms with E-state index in [1.54, 1.807) is 0 Å². The summed E-state index contributed by atoms with van der Waals surface area (Å²) in [7, 11) is 0. The molecule has 0 spiro atoms. The molecule has 6 heteroatoms. The fraction of sp³-hybridized carbons (Fsp3) is 0.630. The third kappa shape index (κ3) is 4.35. The van der Waals surface area contributed by atoms with Gasteiger partial charge < -0.3 is 9.80 Å². The van der Waals surface area contributed by atoms with Crippen molar-refractivity contribution in [2.75, 3.05) is 39.3 Å². The molecule has 0 radical (unpaired) electrons. The predicted molar refractivity (Wildman–Crippen MR) is 135 cm³/mol. The molecular weight excluding hydrogens is 408 g/mol. The second kappa shape index (κ2) is 9.59. The van der Waals surface area contributed by atoms with Crippen molar-refractivity contribution in [2.45, 2.75) is 71.1 Å². The van der Waals surface area contributed by atoms with Gasteiger partial charge in [0.1, 0.15) is 11.7 Å². The smallest absolute Gasteiger partial charge is 0.129 e. The third-order valence-electron chi connectivity index (χ3n) is 8.06. The van der Waals surface area contributed by atoms with Crippen LogP contribution in [0.2, 0.25) is 0 Å². The zero-order chi connectivity index (χ0) is 22.9. The molecule has 0 saturated carbocycles. The Kier molecular flexibility index (Phi) is 6.57. The standard InChI is InChI=1S/C27H40N6/c1-5-32-23(10-6-11-24(32)27-21(4)9-8-14-28-27)22-19-33-25(29-22)12-7-13-26(33)31-17-15-30(16-18-31)20(2)3/h7-9,12-14,20,22-24H,5-6,10-11,15-19H2,1-4H3/t22?,23-,24+/m1/s1. The number of hydrogen-bond donors (Lipinski definition) is 0. The normalized spacial score (nSPS) is 28.8. The molecule has 0 bridgehead atoms. The van der Waals surface area contributed by atoms with Gasteiger partial charge in [-0.25, -0.2) is 0 Å². The molecule has 6 nitrogen and oxygen atoms in total. The molecule has 1 aromatic rings. The number of rotatable bonds is 5. The summed E-state index contributed by atoms with van der Waals surface area (Å²) in [5, 5.41) is 0. The fourth-order valence-electron chi connectivity index (χ4n) is 6.26. The van der Waals surface area contributed by atoms with Gasteiger partial charge in [0.15, 0.2) is 0 Å². The average molecular weight is 449 g/mol. The summed E-state index contributed by atoms with van der Waals surface area (Å²) in [5.74, 6) is 2.49. The number of aryl methyl sites for hydroxylation is 1. The van der Waals surface area contributed by atoms with Gasteiger partial charge in [0.2, 0.25) is 0 Å². The second-order valence-electron chi connectivity index (χ2n) is 10.2. The number of piperazine rings is 1. The molecule has 33 heavy (non-hydrogen) atoms. The average Bonchev–Trinajstić information content (AvgIpc) is 3.28. The Morgan fingerprint density at radius 1 is 1.12 bits per heavy atom. The first-order valence-corrected chi connectivity index (χ1v) is 13.0. The zero-order valence-corrected chi connectivity index (χ0v) is 20.8. The lowest BCUT2D eigenvalue weighted by Gasteiger charge is -2.44. The topological polar surface area (TPSA) is 38.2 Å². The highest BCUT2D eigenvalue weighted by Crippen LogP contribution is 2.38. The van der Waals surface area contributed by atoms with Crippen LogP contribution in [0.1, 0.15) is 57.3 Å². The van der Waals surface area contributed by atoms with Crippen LogP contribution in [0.4, 0.5) is 0 Å². The van der Waals surface area contributed by atoms with Crippen LogP contribution in [0.3, 0.4) is 0 Å². The monoisotopic (exact) mass is 448 g/mol. The largest absolute Gasteiger partial charge is 0.355 e. The highest BCUT2D eigenvalue weighted by molar-refractivity contribution is 5.97. The Bertz CT molecular complexity index is 926. The van der Waals surface area contributed by atoms with Crippen molar-refractivity contribution in [1.29, 1.82) is 0 Å². The molecule has 2 saturated heterocycles. The van der Waals surface area contributed by atoms with Gasteiger partial charge >= 0.3 is 0 Å². The maximum Gasteiger partial charge on any atom is 0.129 e. The summed E-state index contributed by atoms with van der Waals surface area (Å²) < 4.78 is 0. The number of nitrogens with zero attached hydrogens (tertiary/aromatic N) is 6. The van der Waals surface area contributed by atoms with E-state index in [0.717, 1.165) is 45.1 Å². The minimum atomic E-state index is 0.315. The lowest BCUT2D eigenvalue weighted by atomic mass is 9.88. The highest BCUT2D eigenvalue weighted by atomic mass is 15.4. The molecule has 4 aliphatic heterocycles. The molecule has 0 amide bonds. The van der Waals surface area contributed by atoms with Gasteiger partial charge in [0, 0.05) is 51.0 Å². The molecule has 3 atom stereocenters. The minimum Gasteiger partial charge on any atom is -0.355 e. The molecular formula is C27H40N6. The lowest BCUT2D eigenvalue weighted by molar-refractivity contribution is 0.0673. The van der Waals surface area contributed by atoms with Crippen LogP contribution in [0.25, 0.3) is 0 Å². The van der Waals surface area contributed by atoms with Crippen molar-refractivity contribution >= 4 is 5.84 Å². The second-order valence-corrected chi connectivity index (χ2v) is 10.2. The Balaban J connectivity index is 1.32. The summed E-state index contributed by atoms with van der Waals surface area (Å²) in [6, 6.07) is 6.08. The van der Waals surface area contributed by atoms with Crippen molar-refractivity contribution in [3.63, 3.8) is 0 Å². The number of likely N-dealkylation sites (tertiary alicyclic amines) is 1. The van der Waals surface area contributed by atoms with Gasteiger partial charge in [-0.3, -0.25) is 19.8 Å². The number of fused-ring (bicyclic) bond motifs is 1. The van der Waals surface area contributed by atoms with Gasteiger partial charge in [-0.1, -0.05) is 19.1 Å². The van der Waals surface area contributed by atoms with E-state index < -0.39 is 0 Å². The molecule has 5 heterocycles. The van der Waals surface area contributed by atoms with E-state index in [2.05, 4.69) is 77.7 Å². The van der Waals surface area contributed by atoms with Gasteiger partial charge in [0.05, 0.1) is 17.8 Å². The van der Waals surface area contributed by atoms with E-state index in [4.69, 9.17) is 9.98 Å². The van der Waals surface area contributed by atoms with Gasteiger partial charge in [-0.15, -0.1) is 0 Å². The Morgan fingerprint density at radius 3 is 2.67 bits per heavy atom. The van der Waals surface area contributed by atoms with Crippen molar-refractivity contribution in [2.24, 2.45) is 4.99 Å². The van der Waals surface area contributed by atoms with Gasteiger partial charge in [-0.05, 0) is 70.4 Å². The first-order chi connectivity index (χ1) is 16.1. The molecule has 178 valence electrons. The first-order valence-electron chi connectivity index (χ1n) is 13.0. The Morgan fingerprint density at radius 2 is 1.94 bits per heavy atom. The molecule has 5 rings (SSSR count). The van der Waals surface area contributed by atoms with E-state index in [1.165, 1.54) is 36.3 Å². The van der Waals surface area contributed by atoms with Crippen LogP contribution < -0.4 is 0 Å². The van der Waals surface area contributed by atoms with E-state index in [-0.39, 0.29) is 0 Å². The quantitative estimate of drug-likeness (QED) is 0.685. The Hall–Kier alpha value is -2.18.